The van der Waals surface area contributed by atoms with Gasteiger partial charge in [0.2, 0.25) is 5.91 Å². The number of amides is 2. The van der Waals surface area contributed by atoms with Crippen molar-refractivity contribution in [2.24, 2.45) is 0 Å². The monoisotopic (exact) mass is 316 g/mol. The minimum absolute atomic E-state index is 0.123. The lowest BCUT2D eigenvalue weighted by atomic mass is 10.2. The molecule has 1 aromatic carbocycles. The molecule has 7 heteroatoms. The highest BCUT2D eigenvalue weighted by molar-refractivity contribution is 7.99. The third-order valence-electron chi connectivity index (χ3n) is 2.65. The maximum Gasteiger partial charge on any atom is 0.269 e. The van der Waals surface area contributed by atoms with Crippen LogP contribution in [0.3, 0.4) is 0 Å². The summed E-state index contributed by atoms with van der Waals surface area (Å²) in [7, 11) is 0. The van der Waals surface area contributed by atoms with E-state index < -0.39 is 0 Å². The Labute approximate surface area is 132 Å². The van der Waals surface area contributed by atoms with E-state index in [4.69, 9.17) is 0 Å². The fourth-order valence-electron chi connectivity index (χ4n) is 1.71. The number of nitrogens with zero attached hydrogens (tertiary/aromatic N) is 2. The van der Waals surface area contributed by atoms with Crippen molar-refractivity contribution in [3.8, 4) is 0 Å². The summed E-state index contributed by atoms with van der Waals surface area (Å²) in [5.41, 5.74) is 6.92. The second-order valence-corrected chi connectivity index (χ2v) is 5.53. The van der Waals surface area contributed by atoms with Crippen molar-refractivity contribution < 1.29 is 9.59 Å². The normalized spacial score (nSPS) is 10.1. The highest BCUT2D eigenvalue weighted by Crippen LogP contribution is 2.13. The van der Waals surface area contributed by atoms with E-state index in [9.17, 15) is 9.59 Å². The lowest BCUT2D eigenvalue weighted by molar-refractivity contribution is -0.119. The fourth-order valence-corrected chi connectivity index (χ4v) is 2.46. The predicted molar refractivity (Wildman–Crippen MR) is 84.3 cm³/mol. The zero-order chi connectivity index (χ0) is 15.9. The second kappa shape index (κ2) is 7.56. The van der Waals surface area contributed by atoms with Crippen molar-refractivity contribution in [2.45, 2.75) is 19.0 Å². The maximum absolute atomic E-state index is 11.8. The molecule has 0 saturated heterocycles. The Morgan fingerprint density at radius 3 is 2.32 bits per heavy atom. The van der Waals surface area contributed by atoms with Gasteiger partial charge in [0.05, 0.1) is 5.75 Å². The van der Waals surface area contributed by atoms with Crippen molar-refractivity contribution in [1.29, 1.82) is 0 Å². The van der Waals surface area contributed by atoms with Gasteiger partial charge >= 0.3 is 0 Å². The second-order valence-electron chi connectivity index (χ2n) is 4.59. The minimum Gasteiger partial charge on any atom is -0.272 e. The van der Waals surface area contributed by atoms with Gasteiger partial charge in [-0.2, -0.15) is 0 Å². The van der Waals surface area contributed by atoms with Crippen LogP contribution in [-0.4, -0.2) is 27.5 Å². The molecule has 6 nitrogen and oxygen atoms in total. The fraction of sp³-hybridized carbons (Fsp3) is 0.200. The van der Waals surface area contributed by atoms with E-state index in [1.807, 2.05) is 26.0 Å². The highest BCUT2D eigenvalue weighted by atomic mass is 32.2. The van der Waals surface area contributed by atoms with Crippen molar-refractivity contribution >= 4 is 23.6 Å². The molecule has 0 fully saturated rings. The van der Waals surface area contributed by atoms with Crippen molar-refractivity contribution in [1.82, 2.24) is 20.8 Å². The van der Waals surface area contributed by atoms with Gasteiger partial charge in [-0.1, -0.05) is 30.0 Å². The average Bonchev–Trinajstić information content (AvgIpc) is 2.50. The first kappa shape index (κ1) is 16.0. The summed E-state index contributed by atoms with van der Waals surface area (Å²) in [6, 6.07) is 10.5. The molecular weight excluding hydrogens is 300 g/mol. The van der Waals surface area contributed by atoms with E-state index >= 15 is 0 Å². The van der Waals surface area contributed by atoms with E-state index in [-0.39, 0.29) is 17.6 Å². The van der Waals surface area contributed by atoms with E-state index in [1.54, 1.807) is 24.3 Å². The van der Waals surface area contributed by atoms with E-state index in [1.165, 1.54) is 11.8 Å². The largest absolute Gasteiger partial charge is 0.272 e. The molecule has 2 N–H and O–H groups in total. The van der Waals surface area contributed by atoms with E-state index in [2.05, 4.69) is 20.8 Å². The third-order valence-corrected chi connectivity index (χ3v) is 3.49. The van der Waals surface area contributed by atoms with Gasteiger partial charge in [-0.25, -0.2) is 9.97 Å². The molecule has 0 aliphatic carbocycles. The number of aryl methyl sites for hydroxylation is 2. The van der Waals surface area contributed by atoms with Gasteiger partial charge < -0.3 is 0 Å². The molecule has 2 amide bonds. The molecular formula is C15H16N4O2S. The molecule has 0 aliphatic rings. The molecule has 2 rings (SSSR count). The first-order chi connectivity index (χ1) is 10.5. The van der Waals surface area contributed by atoms with Crippen LogP contribution < -0.4 is 10.9 Å². The number of benzene rings is 1. The predicted octanol–water partition coefficient (Wildman–Crippen LogP) is 1.65. The SMILES string of the molecule is Cc1cc(C)nc(SCC(=O)NNC(=O)c2ccccc2)n1. The van der Waals surface area contributed by atoms with Crippen molar-refractivity contribution in [3.05, 3.63) is 53.3 Å². The molecule has 0 radical (unpaired) electrons. The van der Waals surface area contributed by atoms with Crippen LogP contribution in [0.25, 0.3) is 0 Å². The number of hydrogen-bond acceptors (Lipinski definition) is 5. The molecule has 114 valence electrons. The Kier molecular flexibility index (Phi) is 5.48. The Hall–Kier alpha value is -2.41. The number of aromatic nitrogens is 2. The van der Waals surface area contributed by atoms with Crippen LogP contribution in [0.2, 0.25) is 0 Å². The van der Waals surface area contributed by atoms with Crippen LogP contribution >= 0.6 is 11.8 Å². The van der Waals surface area contributed by atoms with Crippen molar-refractivity contribution in [3.63, 3.8) is 0 Å². The van der Waals surface area contributed by atoms with Gasteiger partial charge in [0.25, 0.3) is 5.91 Å². The number of nitrogens with one attached hydrogen (secondary N) is 2. The van der Waals surface area contributed by atoms with E-state index in [0.29, 0.717) is 10.7 Å². The lowest BCUT2D eigenvalue weighted by Gasteiger charge is -2.07. The Bertz CT molecular complexity index is 656. The quantitative estimate of drug-likeness (QED) is 0.509. The Morgan fingerprint density at radius 2 is 1.68 bits per heavy atom. The standard InChI is InChI=1S/C15H16N4O2S/c1-10-8-11(2)17-15(16-10)22-9-13(20)18-19-14(21)12-6-4-3-5-7-12/h3-8H,9H2,1-2H3,(H,18,20)(H,19,21). The molecule has 0 unspecified atom stereocenters. The van der Waals surface area contributed by atoms with Crippen molar-refractivity contribution in [2.75, 3.05) is 5.75 Å². The minimum atomic E-state index is -0.360. The summed E-state index contributed by atoms with van der Waals surface area (Å²) >= 11 is 1.22. The summed E-state index contributed by atoms with van der Waals surface area (Å²) in [6.07, 6.45) is 0. The van der Waals surface area contributed by atoms with Gasteiger partial charge in [0.15, 0.2) is 5.16 Å². The van der Waals surface area contributed by atoms with Crippen LogP contribution in [0, 0.1) is 13.8 Å². The molecule has 2 aromatic rings. The third kappa shape index (κ3) is 4.85. The average molecular weight is 316 g/mol. The first-order valence-electron chi connectivity index (χ1n) is 6.64. The summed E-state index contributed by atoms with van der Waals surface area (Å²) in [4.78, 5) is 31.9. The highest BCUT2D eigenvalue weighted by Gasteiger charge is 2.08. The molecule has 0 atom stereocenters. The number of hydrazine groups is 1. The molecule has 0 spiro atoms. The van der Waals surface area contributed by atoms with Crippen LogP contribution in [-0.2, 0) is 4.79 Å². The van der Waals surface area contributed by atoms with Gasteiger partial charge in [-0.05, 0) is 32.0 Å². The lowest BCUT2D eigenvalue weighted by Crippen LogP contribution is -2.42. The number of hydrogen-bond donors (Lipinski definition) is 2. The molecule has 1 aromatic heterocycles. The number of rotatable bonds is 4. The molecule has 1 heterocycles. The molecule has 0 aliphatic heterocycles. The summed E-state index contributed by atoms with van der Waals surface area (Å²) in [6.45, 7) is 3.75. The Balaban J connectivity index is 1.80. The molecule has 0 bridgehead atoms. The van der Waals surface area contributed by atoms with Gasteiger partial charge in [0.1, 0.15) is 0 Å². The number of thioether (sulfide) groups is 1. The summed E-state index contributed by atoms with van der Waals surface area (Å²) in [5, 5.41) is 0.544. The number of carbonyl (C=O) groups excluding carboxylic acids is 2. The Morgan fingerprint density at radius 1 is 1.05 bits per heavy atom. The van der Waals surface area contributed by atoms with Gasteiger partial charge in [-0.3, -0.25) is 20.4 Å². The van der Waals surface area contributed by atoms with Crippen LogP contribution in [0.1, 0.15) is 21.7 Å². The maximum atomic E-state index is 11.8. The zero-order valence-electron chi connectivity index (χ0n) is 12.3. The van der Waals surface area contributed by atoms with Gasteiger partial charge in [-0.15, -0.1) is 0 Å². The summed E-state index contributed by atoms with van der Waals surface area (Å²) < 4.78 is 0. The van der Waals surface area contributed by atoms with Crippen LogP contribution in [0.5, 0.6) is 0 Å². The van der Waals surface area contributed by atoms with Gasteiger partial charge in [0, 0.05) is 17.0 Å². The first-order valence-corrected chi connectivity index (χ1v) is 7.62. The number of carbonyl (C=O) groups is 2. The van der Waals surface area contributed by atoms with Crippen LogP contribution in [0.15, 0.2) is 41.6 Å². The van der Waals surface area contributed by atoms with E-state index in [0.717, 1.165) is 11.4 Å². The zero-order valence-corrected chi connectivity index (χ0v) is 13.1. The molecule has 0 saturated carbocycles. The molecule has 22 heavy (non-hydrogen) atoms. The summed E-state index contributed by atoms with van der Waals surface area (Å²) in [5.74, 6) is -0.559. The smallest absolute Gasteiger partial charge is 0.269 e. The topological polar surface area (TPSA) is 84.0 Å². The van der Waals surface area contributed by atoms with Crippen LogP contribution in [0.4, 0.5) is 0 Å².